The number of hydrogen-bond donors (Lipinski definition) is 2. The number of carbonyl (C=O) groups is 1. The van der Waals surface area contributed by atoms with Crippen LogP contribution in [0.4, 0.5) is 21.6 Å². The summed E-state index contributed by atoms with van der Waals surface area (Å²) >= 11 is 5.90. The second-order valence-electron chi connectivity index (χ2n) is 7.81. The van der Waals surface area contributed by atoms with E-state index in [1.807, 2.05) is 13.0 Å². The molecule has 2 aromatic carbocycles. The van der Waals surface area contributed by atoms with Gasteiger partial charge in [-0.2, -0.15) is 0 Å². The minimum Gasteiger partial charge on any atom is -0.492 e. The van der Waals surface area contributed by atoms with Crippen LogP contribution in [0.3, 0.4) is 0 Å². The number of nitrogens with one attached hydrogen (secondary N) is 2. The van der Waals surface area contributed by atoms with Gasteiger partial charge in [0.2, 0.25) is 5.91 Å². The summed E-state index contributed by atoms with van der Waals surface area (Å²) in [6.45, 7) is 3.34. The molecule has 0 saturated carbocycles. The fourth-order valence-corrected chi connectivity index (χ4v) is 4.00. The minimum atomic E-state index is -0.502. The van der Waals surface area contributed by atoms with Crippen molar-refractivity contribution in [1.82, 2.24) is 14.9 Å². The van der Waals surface area contributed by atoms with Crippen molar-refractivity contribution in [3.8, 4) is 5.75 Å². The predicted octanol–water partition coefficient (Wildman–Crippen LogP) is 5.15. The SMILES string of the molecule is CCOc1cc2ncnc(Nc3ccc(F)c(Cl)c3)c2cc1NC(=O)/C=C/C1CCCN1C. The molecule has 1 saturated heterocycles. The van der Waals surface area contributed by atoms with E-state index in [4.69, 9.17) is 16.3 Å². The van der Waals surface area contributed by atoms with Gasteiger partial charge in [-0.3, -0.25) is 9.69 Å². The van der Waals surface area contributed by atoms with Crippen LogP contribution in [0, 0.1) is 5.82 Å². The Labute approximate surface area is 196 Å². The molecule has 2 heterocycles. The van der Waals surface area contributed by atoms with Crippen molar-refractivity contribution in [3.63, 3.8) is 0 Å². The number of rotatable bonds is 7. The minimum absolute atomic E-state index is 0.00430. The molecular formula is C24H25ClFN5O2. The molecule has 0 bridgehead atoms. The Morgan fingerprint density at radius 1 is 1.33 bits per heavy atom. The van der Waals surface area contributed by atoms with Crippen LogP contribution in [-0.2, 0) is 4.79 Å². The van der Waals surface area contributed by atoms with E-state index in [1.165, 1.54) is 18.5 Å². The molecule has 1 atom stereocenters. The van der Waals surface area contributed by atoms with Crippen LogP contribution in [0.25, 0.3) is 10.9 Å². The molecule has 9 heteroatoms. The molecule has 3 aromatic rings. The zero-order chi connectivity index (χ0) is 23.4. The first-order valence-electron chi connectivity index (χ1n) is 10.8. The highest BCUT2D eigenvalue weighted by molar-refractivity contribution is 6.31. The third-order valence-electron chi connectivity index (χ3n) is 5.52. The molecule has 1 aliphatic heterocycles. The number of halogens is 2. The van der Waals surface area contributed by atoms with Crippen molar-refractivity contribution in [2.24, 2.45) is 0 Å². The number of likely N-dealkylation sites (N-methyl/N-ethyl adjacent to an activating group) is 1. The molecule has 1 amide bonds. The molecule has 1 aliphatic rings. The van der Waals surface area contributed by atoms with E-state index in [-0.39, 0.29) is 17.0 Å². The summed E-state index contributed by atoms with van der Waals surface area (Å²) in [6, 6.07) is 8.12. The number of fused-ring (bicyclic) bond motifs is 1. The number of anilines is 3. The maximum Gasteiger partial charge on any atom is 0.248 e. The summed E-state index contributed by atoms with van der Waals surface area (Å²) in [4.78, 5) is 23.5. The first-order valence-corrected chi connectivity index (χ1v) is 11.2. The standard InChI is InChI=1S/C24H25ClFN5O2/c1-3-33-22-13-20-17(12-21(22)30-23(32)9-7-16-5-4-10-31(16)2)24(28-14-27-20)29-15-6-8-19(26)18(25)11-15/h6-9,11-14,16H,3-5,10H2,1-2H3,(H,30,32)(H,27,28,29)/b9-7+. The molecule has 0 spiro atoms. The third kappa shape index (κ3) is 5.40. The predicted molar refractivity (Wildman–Crippen MR) is 129 cm³/mol. The second kappa shape index (κ2) is 10.1. The molecule has 172 valence electrons. The lowest BCUT2D eigenvalue weighted by molar-refractivity contribution is -0.111. The van der Waals surface area contributed by atoms with Gasteiger partial charge in [0.15, 0.2) is 0 Å². The fourth-order valence-electron chi connectivity index (χ4n) is 3.82. The first kappa shape index (κ1) is 22.9. The highest BCUT2D eigenvalue weighted by Crippen LogP contribution is 2.34. The summed E-state index contributed by atoms with van der Waals surface area (Å²) in [6.07, 6.45) is 7.08. The average Bonchev–Trinajstić information content (AvgIpc) is 3.20. The number of aromatic nitrogens is 2. The Balaban J connectivity index is 1.63. The van der Waals surface area contributed by atoms with E-state index >= 15 is 0 Å². The van der Waals surface area contributed by atoms with Gasteiger partial charge >= 0.3 is 0 Å². The Hall–Kier alpha value is -3.23. The lowest BCUT2D eigenvalue weighted by Gasteiger charge is -2.15. The summed E-state index contributed by atoms with van der Waals surface area (Å²) in [7, 11) is 2.05. The van der Waals surface area contributed by atoms with Gasteiger partial charge in [0.1, 0.15) is 23.7 Å². The van der Waals surface area contributed by atoms with Gasteiger partial charge in [-0.1, -0.05) is 17.7 Å². The maximum atomic E-state index is 13.5. The number of likely N-dealkylation sites (tertiary alicyclic amines) is 1. The van der Waals surface area contributed by atoms with Crippen molar-refractivity contribution < 1.29 is 13.9 Å². The largest absolute Gasteiger partial charge is 0.492 e. The number of hydrogen-bond acceptors (Lipinski definition) is 6. The van der Waals surface area contributed by atoms with E-state index in [9.17, 15) is 9.18 Å². The van der Waals surface area contributed by atoms with Crippen molar-refractivity contribution in [2.75, 3.05) is 30.8 Å². The topological polar surface area (TPSA) is 79.4 Å². The van der Waals surface area contributed by atoms with Gasteiger partial charge < -0.3 is 15.4 Å². The van der Waals surface area contributed by atoms with Crippen LogP contribution in [0.5, 0.6) is 5.75 Å². The molecule has 33 heavy (non-hydrogen) atoms. The number of nitrogens with zero attached hydrogens (tertiary/aromatic N) is 3. The molecule has 2 N–H and O–H groups in total. The zero-order valence-corrected chi connectivity index (χ0v) is 19.2. The van der Waals surface area contributed by atoms with Crippen LogP contribution in [0.15, 0.2) is 48.8 Å². The Morgan fingerprint density at radius 3 is 2.91 bits per heavy atom. The van der Waals surface area contributed by atoms with Gasteiger partial charge in [0.25, 0.3) is 0 Å². The summed E-state index contributed by atoms with van der Waals surface area (Å²) in [5.74, 6) is 0.258. The summed E-state index contributed by atoms with van der Waals surface area (Å²) in [5, 5.41) is 6.72. The van der Waals surface area contributed by atoms with Crippen LogP contribution in [0.1, 0.15) is 19.8 Å². The quantitative estimate of drug-likeness (QED) is 0.466. The summed E-state index contributed by atoms with van der Waals surface area (Å²) < 4.78 is 19.3. The Morgan fingerprint density at radius 2 is 2.18 bits per heavy atom. The number of ether oxygens (including phenoxy) is 1. The molecule has 4 rings (SSSR count). The molecule has 0 aliphatic carbocycles. The lowest BCUT2D eigenvalue weighted by Crippen LogP contribution is -2.23. The zero-order valence-electron chi connectivity index (χ0n) is 18.4. The van der Waals surface area contributed by atoms with E-state index in [0.717, 1.165) is 19.4 Å². The Kier molecular flexibility index (Phi) is 7.05. The molecule has 1 unspecified atom stereocenters. The van der Waals surface area contributed by atoms with E-state index in [1.54, 1.807) is 24.3 Å². The van der Waals surface area contributed by atoms with Crippen molar-refractivity contribution in [1.29, 1.82) is 0 Å². The van der Waals surface area contributed by atoms with Gasteiger partial charge in [-0.15, -0.1) is 0 Å². The van der Waals surface area contributed by atoms with Crippen LogP contribution >= 0.6 is 11.6 Å². The smallest absolute Gasteiger partial charge is 0.248 e. The molecule has 1 aromatic heterocycles. The normalized spacial score (nSPS) is 16.4. The van der Waals surface area contributed by atoms with Gasteiger partial charge in [-0.25, -0.2) is 14.4 Å². The van der Waals surface area contributed by atoms with Crippen LogP contribution in [-0.4, -0.2) is 47.0 Å². The third-order valence-corrected chi connectivity index (χ3v) is 5.81. The maximum absolute atomic E-state index is 13.5. The van der Waals surface area contributed by atoms with Crippen molar-refractivity contribution in [3.05, 3.63) is 59.7 Å². The van der Waals surface area contributed by atoms with Gasteiger partial charge in [0, 0.05) is 29.3 Å². The van der Waals surface area contributed by atoms with Crippen LogP contribution < -0.4 is 15.4 Å². The fraction of sp³-hybridized carbons (Fsp3) is 0.292. The average molecular weight is 470 g/mol. The van der Waals surface area contributed by atoms with E-state index in [2.05, 4.69) is 32.5 Å². The summed E-state index contributed by atoms with van der Waals surface area (Å²) in [5.41, 5.74) is 1.71. The van der Waals surface area contributed by atoms with Gasteiger partial charge in [0.05, 0.1) is 22.8 Å². The first-order chi connectivity index (χ1) is 15.9. The molecule has 7 nitrogen and oxygen atoms in total. The highest BCUT2D eigenvalue weighted by Gasteiger charge is 2.18. The number of benzene rings is 2. The van der Waals surface area contributed by atoms with Crippen molar-refractivity contribution in [2.45, 2.75) is 25.8 Å². The molecule has 0 radical (unpaired) electrons. The van der Waals surface area contributed by atoms with Crippen molar-refractivity contribution >= 4 is 45.6 Å². The van der Waals surface area contributed by atoms with E-state index < -0.39 is 5.82 Å². The molecule has 1 fully saturated rings. The van der Waals surface area contributed by atoms with E-state index in [0.29, 0.717) is 40.5 Å². The number of amides is 1. The lowest BCUT2D eigenvalue weighted by atomic mass is 10.1. The number of carbonyl (C=O) groups excluding carboxylic acids is 1. The molecular weight excluding hydrogens is 445 g/mol. The second-order valence-corrected chi connectivity index (χ2v) is 8.22. The Bertz CT molecular complexity index is 1200. The van der Waals surface area contributed by atoms with Crippen LogP contribution in [0.2, 0.25) is 5.02 Å². The monoisotopic (exact) mass is 469 g/mol. The van der Waals surface area contributed by atoms with Gasteiger partial charge in [-0.05, 0) is 57.6 Å². The highest BCUT2D eigenvalue weighted by atomic mass is 35.5.